The molecule has 1 unspecified atom stereocenters. The van der Waals surface area contributed by atoms with Gasteiger partial charge in [-0.25, -0.2) is 4.98 Å². The second-order valence-corrected chi connectivity index (χ2v) is 6.89. The average Bonchev–Trinajstić information content (AvgIpc) is 2.87. The van der Waals surface area contributed by atoms with E-state index in [2.05, 4.69) is 15.3 Å². The van der Waals surface area contributed by atoms with Crippen LogP contribution in [0.5, 0.6) is 0 Å². The van der Waals surface area contributed by atoms with Crippen molar-refractivity contribution in [2.45, 2.75) is 31.6 Å². The highest BCUT2D eigenvalue weighted by atomic mass is 32.2. The first-order chi connectivity index (χ1) is 7.81. The molecule has 1 aromatic heterocycles. The van der Waals surface area contributed by atoms with Crippen LogP contribution in [0.25, 0.3) is 0 Å². The van der Waals surface area contributed by atoms with E-state index in [9.17, 15) is 0 Å². The molecule has 2 heterocycles. The normalized spacial score (nSPS) is 24.6. The van der Waals surface area contributed by atoms with Gasteiger partial charge in [-0.2, -0.15) is 0 Å². The Hall–Kier alpha value is -0.550. The molecule has 86 valence electrons. The average molecular weight is 253 g/mol. The van der Waals surface area contributed by atoms with E-state index in [1.165, 1.54) is 17.7 Å². The van der Waals surface area contributed by atoms with Gasteiger partial charge in [-0.15, -0.1) is 11.3 Å². The van der Waals surface area contributed by atoms with E-state index >= 15 is 0 Å². The Morgan fingerprint density at radius 2 is 2.38 bits per heavy atom. The van der Waals surface area contributed by atoms with E-state index in [1.807, 2.05) is 24.9 Å². The van der Waals surface area contributed by atoms with E-state index in [0.717, 1.165) is 34.4 Å². The second kappa shape index (κ2) is 4.37. The number of hydrogen-bond donors (Lipinski definition) is 1. The lowest BCUT2D eigenvalue weighted by atomic mass is 10.3. The Bertz CT molecular complexity index is 409. The van der Waals surface area contributed by atoms with Crippen LogP contribution < -0.4 is 5.32 Å². The molecule has 2 aliphatic rings. The Kier molecular flexibility index (Phi) is 2.90. The lowest BCUT2D eigenvalue weighted by Crippen LogP contribution is -2.18. The van der Waals surface area contributed by atoms with E-state index in [-0.39, 0.29) is 0 Å². The number of aromatic nitrogens is 1. The third-order valence-electron chi connectivity index (χ3n) is 2.91. The minimum atomic E-state index is 0.755. The van der Waals surface area contributed by atoms with Gasteiger partial charge in [0.05, 0.1) is 18.1 Å². The first-order valence-corrected chi connectivity index (χ1v) is 7.37. The van der Waals surface area contributed by atoms with Gasteiger partial charge in [-0.3, -0.25) is 4.99 Å². The Morgan fingerprint density at radius 1 is 1.50 bits per heavy atom. The Labute approximate surface area is 104 Å². The van der Waals surface area contributed by atoms with Crippen molar-refractivity contribution in [3.8, 4) is 0 Å². The van der Waals surface area contributed by atoms with Gasteiger partial charge < -0.3 is 5.32 Å². The first kappa shape index (κ1) is 10.6. The lowest BCUT2D eigenvalue weighted by molar-refractivity contribution is 0.772. The zero-order chi connectivity index (χ0) is 11.0. The number of nitrogens with zero attached hydrogens (tertiary/aromatic N) is 2. The predicted octanol–water partition coefficient (Wildman–Crippen LogP) is 2.42. The van der Waals surface area contributed by atoms with E-state index < -0.39 is 0 Å². The summed E-state index contributed by atoms with van der Waals surface area (Å²) in [6.45, 7) is 3.92. The molecule has 0 radical (unpaired) electrons. The molecule has 16 heavy (non-hydrogen) atoms. The summed E-state index contributed by atoms with van der Waals surface area (Å²) < 4.78 is 0. The summed E-state index contributed by atoms with van der Waals surface area (Å²) in [5, 5.41) is 6.42. The summed E-state index contributed by atoms with van der Waals surface area (Å²) in [5.41, 5.74) is 0. The topological polar surface area (TPSA) is 37.3 Å². The molecule has 0 amide bonds. The molecule has 1 aliphatic carbocycles. The van der Waals surface area contributed by atoms with E-state index in [0.29, 0.717) is 0 Å². The minimum absolute atomic E-state index is 0.755. The fourth-order valence-corrected chi connectivity index (χ4v) is 3.79. The first-order valence-electron chi connectivity index (χ1n) is 5.67. The third kappa shape index (κ3) is 2.40. The molecule has 3 nitrogen and oxygen atoms in total. The summed E-state index contributed by atoms with van der Waals surface area (Å²) >= 11 is 3.68. The van der Waals surface area contributed by atoms with Crippen molar-refractivity contribution in [2.75, 3.05) is 6.54 Å². The molecule has 1 N–H and O–H groups in total. The van der Waals surface area contributed by atoms with Crippen LogP contribution in [-0.4, -0.2) is 21.9 Å². The Balaban J connectivity index is 1.49. The number of thioether (sulfide) groups is 1. The smallest absolute Gasteiger partial charge is 0.157 e. The maximum atomic E-state index is 4.55. The summed E-state index contributed by atoms with van der Waals surface area (Å²) in [6, 6.07) is 0. The number of amidine groups is 1. The van der Waals surface area contributed by atoms with E-state index in [4.69, 9.17) is 0 Å². The number of rotatable bonds is 3. The van der Waals surface area contributed by atoms with Crippen LogP contribution in [0.3, 0.4) is 0 Å². The molecule has 0 aromatic carbocycles. The van der Waals surface area contributed by atoms with Crippen LogP contribution in [0.2, 0.25) is 0 Å². The maximum Gasteiger partial charge on any atom is 0.157 e. The number of thiazole rings is 1. The van der Waals surface area contributed by atoms with Gasteiger partial charge >= 0.3 is 0 Å². The van der Waals surface area contributed by atoms with Crippen molar-refractivity contribution in [3.63, 3.8) is 0 Å². The van der Waals surface area contributed by atoms with Crippen molar-refractivity contribution in [2.24, 2.45) is 10.9 Å². The standard InChI is InChI=1S/C11H15N3S2/c1-7-12-4-9(15-7)5-13-11-14-6-10(16-11)8-2-3-8/h4,8,10H,2-3,5-6H2,1H3,(H,13,14). The molecule has 3 rings (SSSR count). The summed E-state index contributed by atoms with van der Waals surface area (Å²) in [5.74, 6) is 0.943. The molecule has 1 atom stereocenters. The van der Waals surface area contributed by atoms with Crippen molar-refractivity contribution in [1.29, 1.82) is 0 Å². The molecule has 5 heteroatoms. The van der Waals surface area contributed by atoms with Crippen LogP contribution in [0.4, 0.5) is 0 Å². The predicted molar refractivity (Wildman–Crippen MR) is 70.1 cm³/mol. The van der Waals surface area contributed by atoms with Gasteiger partial charge in [0.1, 0.15) is 0 Å². The Morgan fingerprint density at radius 3 is 3.06 bits per heavy atom. The van der Waals surface area contributed by atoms with Gasteiger partial charge in [-0.1, -0.05) is 11.8 Å². The van der Waals surface area contributed by atoms with Crippen LogP contribution in [0.15, 0.2) is 11.2 Å². The fourth-order valence-electron chi connectivity index (χ4n) is 1.85. The van der Waals surface area contributed by atoms with Gasteiger partial charge in [0, 0.05) is 16.3 Å². The molecule has 0 bridgehead atoms. The molecule has 1 fully saturated rings. The highest BCUT2D eigenvalue weighted by Crippen LogP contribution is 2.41. The van der Waals surface area contributed by atoms with Crippen molar-refractivity contribution in [3.05, 3.63) is 16.1 Å². The van der Waals surface area contributed by atoms with Gasteiger partial charge in [0.25, 0.3) is 0 Å². The third-order valence-corrected chi connectivity index (χ3v) is 5.15. The zero-order valence-corrected chi connectivity index (χ0v) is 10.9. The van der Waals surface area contributed by atoms with Gasteiger partial charge in [-0.05, 0) is 25.7 Å². The van der Waals surface area contributed by atoms with Crippen molar-refractivity contribution in [1.82, 2.24) is 10.3 Å². The molecule has 0 spiro atoms. The van der Waals surface area contributed by atoms with Crippen LogP contribution in [0.1, 0.15) is 22.7 Å². The molecule has 1 aromatic rings. The van der Waals surface area contributed by atoms with Crippen molar-refractivity contribution >= 4 is 28.3 Å². The highest BCUT2D eigenvalue weighted by molar-refractivity contribution is 8.14. The number of nitrogens with one attached hydrogen (secondary N) is 1. The minimum Gasteiger partial charge on any atom is -0.360 e. The summed E-state index contributed by atoms with van der Waals surface area (Å²) in [7, 11) is 0. The van der Waals surface area contributed by atoms with Crippen LogP contribution in [0, 0.1) is 12.8 Å². The molecule has 1 aliphatic heterocycles. The zero-order valence-electron chi connectivity index (χ0n) is 9.27. The molecular weight excluding hydrogens is 238 g/mol. The largest absolute Gasteiger partial charge is 0.360 e. The molecule has 1 saturated carbocycles. The quantitative estimate of drug-likeness (QED) is 0.899. The summed E-state index contributed by atoms with van der Waals surface area (Å²) in [6.07, 6.45) is 4.77. The SMILES string of the molecule is Cc1ncc(CNC2=NCC(C3CC3)S2)s1. The summed E-state index contributed by atoms with van der Waals surface area (Å²) in [4.78, 5) is 10.1. The molecule has 0 saturated heterocycles. The fraction of sp³-hybridized carbons (Fsp3) is 0.636. The van der Waals surface area contributed by atoms with Crippen LogP contribution in [-0.2, 0) is 6.54 Å². The monoisotopic (exact) mass is 253 g/mol. The van der Waals surface area contributed by atoms with Gasteiger partial charge in [0.2, 0.25) is 0 Å². The van der Waals surface area contributed by atoms with E-state index in [1.54, 1.807) is 11.3 Å². The number of aryl methyl sites for hydroxylation is 1. The van der Waals surface area contributed by atoms with Crippen LogP contribution >= 0.6 is 23.1 Å². The number of hydrogen-bond acceptors (Lipinski definition) is 5. The lowest BCUT2D eigenvalue weighted by Gasteiger charge is -2.06. The number of aliphatic imine (C=N–C) groups is 1. The highest BCUT2D eigenvalue weighted by Gasteiger charge is 2.35. The second-order valence-electron chi connectivity index (χ2n) is 4.34. The van der Waals surface area contributed by atoms with Crippen molar-refractivity contribution < 1.29 is 0 Å². The maximum absolute atomic E-state index is 4.55. The molecular formula is C11H15N3S2. The van der Waals surface area contributed by atoms with Gasteiger partial charge in [0.15, 0.2) is 5.17 Å².